The zero-order valence-electron chi connectivity index (χ0n) is 17.3. The molecule has 2 aliphatic rings. The van der Waals surface area contributed by atoms with E-state index in [4.69, 9.17) is 11.6 Å². The molecule has 0 spiro atoms. The molecule has 0 bridgehead atoms. The Morgan fingerprint density at radius 1 is 1.11 bits per heavy atom. The number of anilines is 1. The summed E-state index contributed by atoms with van der Waals surface area (Å²) in [5.41, 5.74) is 2.49. The maximum absolute atomic E-state index is 11.0. The van der Waals surface area contributed by atoms with Crippen LogP contribution in [0.4, 0.5) is 5.69 Å². The predicted octanol–water partition coefficient (Wildman–Crippen LogP) is 6.85. The van der Waals surface area contributed by atoms with Crippen LogP contribution in [0.3, 0.4) is 0 Å². The van der Waals surface area contributed by atoms with E-state index >= 15 is 0 Å². The van der Waals surface area contributed by atoms with Crippen molar-refractivity contribution in [2.24, 2.45) is 5.41 Å². The van der Waals surface area contributed by atoms with Crippen molar-refractivity contribution in [3.8, 4) is 0 Å². The highest BCUT2D eigenvalue weighted by Crippen LogP contribution is 2.53. The summed E-state index contributed by atoms with van der Waals surface area (Å²) >= 11 is 6.66. The van der Waals surface area contributed by atoms with Gasteiger partial charge in [0.25, 0.3) is 0 Å². The van der Waals surface area contributed by atoms with Crippen LogP contribution in [0, 0.1) is 5.41 Å². The lowest BCUT2D eigenvalue weighted by Crippen LogP contribution is -2.36. The maximum atomic E-state index is 11.0. The van der Waals surface area contributed by atoms with E-state index in [-0.39, 0.29) is 16.9 Å². The van der Waals surface area contributed by atoms with Crippen LogP contribution >= 0.6 is 11.6 Å². The fraction of sp³-hybridized carbons (Fsp3) is 0.750. The van der Waals surface area contributed by atoms with Gasteiger partial charge in [0.1, 0.15) is 0 Å². The molecule has 152 valence electrons. The van der Waals surface area contributed by atoms with Gasteiger partial charge < -0.3 is 10.0 Å². The minimum absolute atomic E-state index is 0.132. The monoisotopic (exact) mass is 391 g/mol. The highest BCUT2D eigenvalue weighted by atomic mass is 35.5. The van der Waals surface area contributed by atoms with Gasteiger partial charge in [-0.25, -0.2) is 0 Å². The largest absolute Gasteiger partial charge is 0.388 e. The van der Waals surface area contributed by atoms with Crippen LogP contribution in [0.25, 0.3) is 0 Å². The van der Waals surface area contributed by atoms with Crippen LogP contribution < -0.4 is 4.90 Å². The zero-order chi connectivity index (χ0) is 19.3. The molecule has 1 heterocycles. The number of alkyl halides is 1. The van der Waals surface area contributed by atoms with E-state index in [0.717, 1.165) is 31.4 Å². The summed E-state index contributed by atoms with van der Waals surface area (Å²) in [5, 5.41) is 11.3. The predicted molar refractivity (Wildman–Crippen MR) is 117 cm³/mol. The fourth-order valence-electron chi connectivity index (χ4n) is 5.24. The van der Waals surface area contributed by atoms with Gasteiger partial charge in [-0.2, -0.15) is 0 Å². The molecule has 0 radical (unpaired) electrons. The summed E-state index contributed by atoms with van der Waals surface area (Å²) in [7, 11) is 0. The van der Waals surface area contributed by atoms with Crippen LogP contribution in [-0.2, 0) is 0 Å². The number of hydrogen-bond acceptors (Lipinski definition) is 2. The number of rotatable bonds is 10. The Bertz CT molecular complexity index is 568. The molecule has 1 aromatic rings. The third kappa shape index (κ3) is 4.65. The number of benzene rings is 1. The first-order chi connectivity index (χ1) is 13.1. The molecule has 27 heavy (non-hydrogen) atoms. The van der Waals surface area contributed by atoms with Crippen molar-refractivity contribution in [1.82, 2.24) is 0 Å². The summed E-state index contributed by atoms with van der Waals surface area (Å²) in [6.45, 7) is 5.54. The molecule has 3 atom stereocenters. The summed E-state index contributed by atoms with van der Waals surface area (Å²) in [6, 6.07) is 9.20. The van der Waals surface area contributed by atoms with Gasteiger partial charge in [0.2, 0.25) is 0 Å². The quantitative estimate of drug-likeness (QED) is 0.348. The van der Waals surface area contributed by atoms with E-state index in [1.807, 2.05) is 0 Å². The molecule has 0 aromatic heterocycles. The van der Waals surface area contributed by atoms with Gasteiger partial charge in [-0.3, -0.25) is 0 Å². The van der Waals surface area contributed by atoms with Gasteiger partial charge in [-0.15, -0.1) is 11.6 Å². The van der Waals surface area contributed by atoms with Crippen molar-refractivity contribution in [3.63, 3.8) is 0 Å². The van der Waals surface area contributed by atoms with Crippen LogP contribution in [0.2, 0.25) is 0 Å². The maximum Gasteiger partial charge on any atom is 0.0846 e. The van der Waals surface area contributed by atoms with Gasteiger partial charge in [-0.1, -0.05) is 64.5 Å². The fourth-order valence-corrected chi connectivity index (χ4v) is 5.60. The third-order valence-corrected chi connectivity index (χ3v) is 7.54. The van der Waals surface area contributed by atoms with E-state index in [0.29, 0.717) is 6.04 Å². The number of hydrogen-bond donors (Lipinski definition) is 1. The Morgan fingerprint density at radius 3 is 2.44 bits per heavy atom. The van der Waals surface area contributed by atoms with Crippen LogP contribution in [0.1, 0.15) is 96.1 Å². The molecule has 1 saturated carbocycles. The molecule has 2 fully saturated rings. The van der Waals surface area contributed by atoms with Crippen LogP contribution in [-0.4, -0.2) is 23.1 Å². The molecule has 1 N–H and O–H groups in total. The van der Waals surface area contributed by atoms with E-state index < -0.39 is 0 Å². The Kier molecular flexibility index (Phi) is 7.50. The standard InChI is InChI=1S/C24H38ClNO/c1-3-5-6-7-9-22-21(25)14-18-26(22)20-12-10-19(11-13-20)23(27)24(15-4-2)16-8-17-24/h10-13,21-23,27H,3-9,14-18H2,1-2H3. The second-order valence-electron chi connectivity index (χ2n) is 8.87. The average Bonchev–Trinajstić information content (AvgIpc) is 3.02. The Balaban J connectivity index is 1.65. The molecule has 3 rings (SSSR count). The smallest absolute Gasteiger partial charge is 0.0846 e. The summed E-state index contributed by atoms with van der Waals surface area (Å²) in [4.78, 5) is 2.50. The topological polar surface area (TPSA) is 23.5 Å². The number of unbranched alkanes of at least 4 members (excludes halogenated alkanes) is 3. The number of nitrogens with zero attached hydrogens (tertiary/aromatic N) is 1. The Morgan fingerprint density at radius 2 is 1.85 bits per heavy atom. The molecule has 1 aromatic carbocycles. The summed E-state index contributed by atoms with van der Waals surface area (Å²) < 4.78 is 0. The molecule has 1 aliphatic carbocycles. The first-order valence-electron chi connectivity index (χ1n) is 11.3. The van der Waals surface area contributed by atoms with Gasteiger partial charge >= 0.3 is 0 Å². The van der Waals surface area contributed by atoms with Crippen molar-refractivity contribution in [2.45, 2.75) is 102 Å². The summed E-state index contributed by atoms with van der Waals surface area (Å²) in [5.74, 6) is 0. The SMILES string of the molecule is CCCCCCC1C(Cl)CCN1c1ccc(C(O)C2(CCC)CCC2)cc1. The first-order valence-corrected chi connectivity index (χ1v) is 11.7. The van der Waals surface area contributed by atoms with Crippen molar-refractivity contribution in [3.05, 3.63) is 29.8 Å². The molecule has 1 saturated heterocycles. The van der Waals surface area contributed by atoms with E-state index in [1.165, 1.54) is 57.1 Å². The molecule has 2 nitrogen and oxygen atoms in total. The lowest BCUT2D eigenvalue weighted by Gasteiger charge is -2.46. The number of halogens is 1. The molecule has 1 aliphatic heterocycles. The van der Waals surface area contributed by atoms with E-state index in [9.17, 15) is 5.11 Å². The van der Waals surface area contributed by atoms with Gasteiger partial charge in [0, 0.05) is 23.7 Å². The van der Waals surface area contributed by atoms with Crippen molar-refractivity contribution in [2.75, 3.05) is 11.4 Å². The average molecular weight is 392 g/mol. The second-order valence-corrected chi connectivity index (χ2v) is 9.44. The van der Waals surface area contributed by atoms with Gasteiger partial charge in [0.05, 0.1) is 11.5 Å². The van der Waals surface area contributed by atoms with Crippen LogP contribution in [0.5, 0.6) is 0 Å². The highest BCUT2D eigenvalue weighted by molar-refractivity contribution is 6.21. The van der Waals surface area contributed by atoms with Crippen molar-refractivity contribution in [1.29, 1.82) is 0 Å². The Hall–Kier alpha value is -0.730. The van der Waals surface area contributed by atoms with Crippen molar-refractivity contribution >= 4 is 17.3 Å². The molecule has 3 heteroatoms. The van der Waals surface area contributed by atoms with Crippen LogP contribution in [0.15, 0.2) is 24.3 Å². The third-order valence-electron chi connectivity index (χ3n) is 7.03. The minimum Gasteiger partial charge on any atom is -0.388 e. The van der Waals surface area contributed by atoms with Crippen molar-refractivity contribution < 1.29 is 5.11 Å². The summed E-state index contributed by atoms with van der Waals surface area (Å²) in [6.07, 6.45) is 13.0. The highest BCUT2D eigenvalue weighted by Gasteiger charge is 2.43. The van der Waals surface area contributed by atoms with E-state index in [1.54, 1.807) is 0 Å². The second kappa shape index (κ2) is 9.65. The molecular weight excluding hydrogens is 354 g/mol. The molecule has 3 unspecified atom stereocenters. The lowest BCUT2D eigenvalue weighted by molar-refractivity contribution is -0.0440. The number of aliphatic hydroxyl groups is 1. The number of aliphatic hydroxyl groups excluding tert-OH is 1. The zero-order valence-corrected chi connectivity index (χ0v) is 18.1. The normalized spacial score (nSPS) is 25.4. The van der Waals surface area contributed by atoms with Gasteiger partial charge in [0.15, 0.2) is 0 Å². The lowest BCUT2D eigenvalue weighted by atomic mass is 9.61. The minimum atomic E-state index is -0.315. The van der Waals surface area contributed by atoms with E-state index in [2.05, 4.69) is 43.0 Å². The Labute approximate surface area is 171 Å². The first kappa shape index (κ1) is 21.0. The molecule has 0 amide bonds. The van der Waals surface area contributed by atoms with Gasteiger partial charge in [-0.05, 0) is 49.8 Å². The molecular formula is C24H38ClNO.